The van der Waals surface area contributed by atoms with Crippen molar-refractivity contribution in [2.24, 2.45) is 5.92 Å². The molecule has 1 atom stereocenters. The highest BCUT2D eigenvalue weighted by Crippen LogP contribution is 2.28. The van der Waals surface area contributed by atoms with Crippen LogP contribution < -0.4 is 5.32 Å². The Morgan fingerprint density at radius 3 is 2.74 bits per heavy atom. The van der Waals surface area contributed by atoms with Crippen molar-refractivity contribution < 1.29 is 9.21 Å². The number of piperidine rings is 3. The van der Waals surface area contributed by atoms with Crippen LogP contribution in [-0.4, -0.2) is 36.5 Å². The molecule has 0 spiro atoms. The maximum atomic E-state index is 12.5. The minimum atomic E-state index is -0.128. The third-order valence-electron chi connectivity index (χ3n) is 4.91. The molecular formula is C18H19ClN2O2. The molecular weight excluding hydrogens is 312 g/mol. The second-order valence-corrected chi connectivity index (χ2v) is 6.83. The smallest absolute Gasteiger partial charge is 0.287 e. The molecule has 3 fully saturated rings. The summed E-state index contributed by atoms with van der Waals surface area (Å²) in [6.07, 6.45) is 2.35. The van der Waals surface area contributed by atoms with Crippen LogP contribution in [-0.2, 0) is 0 Å². The molecule has 2 aromatic rings. The van der Waals surface area contributed by atoms with Crippen LogP contribution in [0.1, 0.15) is 23.4 Å². The molecule has 3 aliphatic heterocycles. The lowest BCUT2D eigenvalue weighted by molar-refractivity contribution is 0.0606. The van der Waals surface area contributed by atoms with Crippen molar-refractivity contribution >= 4 is 17.5 Å². The summed E-state index contributed by atoms with van der Waals surface area (Å²) in [6.45, 7) is 3.28. The number of amides is 1. The first-order chi connectivity index (χ1) is 11.2. The van der Waals surface area contributed by atoms with Crippen molar-refractivity contribution in [1.29, 1.82) is 0 Å². The number of rotatable bonds is 3. The van der Waals surface area contributed by atoms with E-state index in [1.165, 1.54) is 12.8 Å². The number of nitrogens with one attached hydrogen (secondary N) is 1. The lowest BCUT2D eigenvalue weighted by atomic mass is 9.84. The molecule has 0 saturated carbocycles. The van der Waals surface area contributed by atoms with E-state index in [1.54, 1.807) is 6.07 Å². The molecule has 1 N–H and O–H groups in total. The molecule has 5 rings (SSSR count). The summed E-state index contributed by atoms with van der Waals surface area (Å²) in [7, 11) is 0. The zero-order chi connectivity index (χ0) is 15.8. The van der Waals surface area contributed by atoms with E-state index in [0.29, 0.717) is 22.5 Å². The quantitative estimate of drug-likeness (QED) is 0.938. The van der Waals surface area contributed by atoms with Crippen LogP contribution in [0.15, 0.2) is 40.8 Å². The van der Waals surface area contributed by atoms with Crippen molar-refractivity contribution in [3.63, 3.8) is 0 Å². The summed E-state index contributed by atoms with van der Waals surface area (Å²) in [6, 6.07) is 11.2. The topological polar surface area (TPSA) is 45.5 Å². The normalized spacial score (nSPS) is 26.2. The van der Waals surface area contributed by atoms with Gasteiger partial charge in [-0.1, -0.05) is 23.7 Å². The van der Waals surface area contributed by atoms with E-state index in [1.807, 2.05) is 30.3 Å². The van der Waals surface area contributed by atoms with Crippen LogP contribution in [0.5, 0.6) is 0 Å². The molecule has 1 aromatic carbocycles. The molecule has 0 radical (unpaired) electrons. The van der Waals surface area contributed by atoms with Crippen LogP contribution in [0, 0.1) is 5.92 Å². The SMILES string of the molecule is O=C(N[C@H]1CN2CCC1CC2)c1ccc(-c2cccc(Cl)c2)o1. The molecule has 1 aromatic heterocycles. The number of fused-ring (bicyclic) bond motifs is 3. The van der Waals surface area contributed by atoms with Gasteiger partial charge in [-0.3, -0.25) is 4.79 Å². The van der Waals surface area contributed by atoms with Gasteiger partial charge in [-0.15, -0.1) is 0 Å². The van der Waals surface area contributed by atoms with E-state index in [2.05, 4.69) is 10.2 Å². The largest absolute Gasteiger partial charge is 0.451 e. The van der Waals surface area contributed by atoms with E-state index in [0.717, 1.165) is 25.2 Å². The van der Waals surface area contributed by atoms with Crippen molar-refractivity contribution in [1.82, 2.24) is 10.2 Å². The molecule has 3 saturated heterocycles. The van der Waals surface area contributed by atoms with Gasteiger partial charge in [0.15, 0.2) is 5.76 Å². The minimum absolute atomic E-state index is 0.128. The van der Waals surface area contributed by atoms with Crippen LogP contribution in [0.4, 0.5) is 0 Å². The number of hydrogen-bond acceptors (Lipinski definition) is 3. The van der Waals surface area contributed by atoms with Gasteiger partial charge in [-0.2, -0.15) is 0 Å². The Morgan fingerprint density at radius 1 is 1.22 bits per heavy atom. The first-order valence-corrected chi connectivity index (χ1v) is 8.46. The number of benzene rings is 1. The highest BCUT2D eigenvalue weighted by Gasteiger charge is 2.35. The van der Waals surface area contributed by atoms with Crippen LogP contribution in [0.25, 0.3) is 11.3 Å². The number of nitrogens with zero attached hydrogens (tertiary/aromatic N) is 1. The minimum Gasteiger partial charge on any atom is -0.451 e. The summed E-state index contributed by atoms with van der Waals surface area (Å²) in [5.74, 6) is 1.49. The molecule has 5 heteroatoms. The fourth-order valence-corrected chi connectivity index (χ4v) is 3.82. The van der Waals surface area contributed by atoms with Gasteiger partial charge in [-0.05, 0) is 56.1 Å². The van der Waals surface area contributed by atoms with Crippen molar-refractivity contribution in [3.05, 3.63) is 47.2 Å². The predicted molar refractivity (Wildman–Crippen MR) is 89.6 cm³/mol. The van der Waals surface area contributed by atoms with Gasteiger partial charge in [0.25, 0.3) is 5.91 Å². The lowest BCUT2D eigenvalue weighted by Gasteiger charge is -2.44. The molecule has 4 heterocycles. The Balaban J connectivity index is 1.47. The number of hydrogen-bond donors (Lipinski definition) is 1. The van der Waals surface area contributed by atoms with Gasteiger partial charge in [0.2, 0.25) is 0 Å². The summed E-state index contributed by atoms with van der Waals surface area (Å²) in [5.41, 5.74) is 0.874. The van der Waals surface area contributed by atoms with Crippen LogP contribution in [0.2, 0.25) is 5.02 Å². The molecule has 4 nitrogen and oxygen atoms in total. The van der Waals surface area contributed by atoms with Gasteiger partial charge < -0.3 is 14.6 Å². The predicted octanol–water partition coefficient (Wildman–Crippen LogP) is 3.42. The Bertz CT molecular complexity index is 719. The fraction of sp³-hybridized carbons (Fsp3) is 0.389. The van der Waals surface area contributed by atoms with Gasteiger partial charge in [-0.25, -0.2) is 0 Å². The second-order valence-electron chi connectivity index (χ2n) is 6.39. The third-order valence-corrected chi connectivity index (χ3v) is 5.15. The zero-order valence-electron chi connectivity index (χ0n) is 12.8. The highest BCUT2D eigenvalue weighted by molar-refractivity contribution is 6.30. The zero-order valence-corrected chi connectivity index (χ0v) is 13.6. The lowest BCUT2D eigenvalue weighted by Crippen LogP contribution is -2.57. The second kappa shape index (κ2) is 6.02. The first-order valence-electron chi connectivity index (χ1n) is 8.08. The maximum absolute atomic E-state index is 12.5. The third kappa shape index (κ3) is 3.01. The van der Waals surface area contributed by atoms with E-state index >= 15 is 0 Å². The molecule has 1 amide bonds. The molecule has 2 bridgehead atoms. The average Bonchev–Trinajstić information content (AvgIpc) is 3.06. The number of carbonyl (C=O) groups excluding carboxylic acids is 1. The average molecular weight is 331 g/mol. The van der Waals surface area contributed by atoms with Crippen LogP contribution in [0.3, 0.4) is 0 Å². The molecule has 23 heavy (non-hydrogen) atoms. The van der Waals surface area contributed by atoms with Crippen molar-refractivity contribution in [2.45, 2.75) is 18.9 Å². The first kappa shape index (κ1) is 14.8. The van der Waals surface area contributed by atoms with Gasteiger partial charge >= 0.3 is 0 Å². The van der Waals surface area contributed by atoms with Crippen LogP contribution >= 0.6 is 11.6 Å². The van der Waals surface area contributed by atoms with Crippen molar-refractivity contribution in [3.8, 4) is 11.3 Å². The Morgan fingerprint density at radius 2 is 2.04 bits per heavy atom. The number of halogens is 1. The highest BCUT2D eigenvalue weighted by atomic mass is 35.5. The van der Waals surface area contributed by atoms with Gasteiger partial charge in [0, 0.05) is 23.2 Å². The summed E-state index contributed by atoms with van der Waals surface area (Å²) in [5, 5.41) is 3.79. The molecule has 3 aliphatic rings. The van der Waals surface area contributed by atoms with Gasteiger partial charge in [0.05, 0.1) is 0 Å². The number of carbonyl (C=O) groups is 1. The van der Waals surface area contributed by atoms with E-state index in [9.17, 15) is 4.79 Å². The molecule has 0 aliphatic carbocycles. The fourth-order valence-electron chi connectivity index (χ4n) is 3.62. The van der Waals surface area contributed by atoms with E-state index in [-0.39, 0.29) is 11.9 Å². The van der Waals surface area contributed by atoms with Crippen molar-refractivity contribution in [2.75, 3.05) is 19.6 Å². The maximum Gasteiger partial charge on any atom is 0.287 e. The van der Waals surface area contributed by atoms with E-state index in [4.69, 9.17) is 16.0 Å². The van der Waals surface area contributed by atoms with E-state index < -0.39 is 0 Å². The molecule has 0 unspecified atom stereocenters. The monoisotopic (exact) mass is 330 g/mol. The Kier molecular flexibility index (Phi) is 3.87. The number of furan rings is 1. The Labute approximate surface area is 140 Å². The summed E-state index contributed by atoms with van der Waals surface area (Å²) < 4.78 is 5.72. The summed E-state index contributed by atoms with van der Waals surface area (Å²) in [4.78, 5) is 14.9. The standard InChI is InChI=1S/C18H19ClN2O2/c19-14-3-1-2-13(10-14)16-4-5-17(23-16)18(22)20-15-11-21-8-6-12(15)7-9-21/h1-5,10,12,15H,6-9,11H2,(H,20,22)/t15-/m0/s1. The Hall–Kier alpha value is -1.78. The molecule has 120 valence electrons. The summed E-state index contributed by atoms with van der Waals surface area (Å²) >= 11 is 6.00. The van der Waals surface area contributed by atoms with Gasteiger partial charge in [0.1, 0.15) is 5.76 Å².